The van der Waals surface area contributed by atoms with Gasteiger partial charge in [0.15, 0.2) is 0 Å². The largest absolute Gasteiger partial charge is 0.350 e. The van der Waals surface area contributed by atoms with Crippen LogP contribution in [0.5, 0.6) is 0 Å². The molecule has 1 heterocycles. The minimum Gasteiger partial charge on any atom is -0.350 e. The molecule has 1 aliphatic rings. The third-order valence-corrected chi connectivity index (χ3v) is 4.98. The van der Waals surface area contributed by atoms with E-state index in [1.165, 1.54) is 5.56 Å². The summed E-state index contributed by atoms with van der Waals surface area (Å²) in [5.41, 5.74) is 9.58. The molecule has 1 saturated heterocycles. The lowest BCUT2D eigenvalue weighted by Crippen LogP contribution is -2.32. The average Bonchev–Trinajstić information content (AvgIpc) is 3.04. The van der Waals surface area contributed by atoms with Gasteiger partial charge in [0, 0.05) is 18.2 Å². The van der Waals surface area contributed by atoms with Crippen LogP contribution in [-0.2, 0) is 11.3 Å². The number of nitrogens with two attached hydrogens (primary N) is 1. The highest BCUT2D eigenvalue weighted by Crippen LogP contribution is 2.17. The molecular weight excluding hydrogens is 404 g/mol. The highest BCUT2D eigenvalue weighted by molar-refractivity contribution is 6.02. The van der Waals surface area contributed by atoms with Crippen molar-refractivity contribution in [2.45, 2.75) is 32.4 Å². The fourth-order valence-electron chi connectivity index (χ4n) is 3.16. The number of nitrogens with one attached hydrogen (secondary N) is 2. The van der Waals surface area contributed by atoms with Crippen LogP contribution in [0.25, 0.3) is 0 Å². The van der Waals surface area contributed by atoms with Crippen molar-refractivity contribution in [3.63, 3.8) is 0 Å². The molecule has 0 aromatic heterocycles. The van der Waals surface area contributed by atoms with Crippen molar-refractivity contribution in [2.75, 3.05) is 13.1 Å². The Kier molecular flexibility index (Phi) is 7.97. The molecule has 0 saturated carbocycles. The molecular formula is C22H27ClN4O3. The highest BCUT2D eigenvalue weighted by atomic mass is 35.5. The van der Waals surface area contributed by atoms with Crippen molar-refractivity contribution in [3.05, 3.63) is 70.8 Å². The number of nitrogens with zero attached hydrogens (tertiary/aromatic N) is 1. The van der Waals surface area contributed by atoms with Gasteiger partial charge in [-0.2, -0.15) is 0 Å². The van der Waals surface area contributed by atoms with Gasteiger partial charge in [-0.3, -0.25) is 14.5 Å². The van der Waals surface area contributed by atoms with Crippen LogP contribution in [0.4, 0.5) is 4.79 Å². The summed E-state index contributed by atoms with van der Waals surface area (Å²) in [5.74, 6) is -0.0770. The molecule has 1 aliphatic heterocycles. The summed E-state index contributed by atoms with van der Waals surface area (Å²) in [6, 6.07) is 14.2. The van der Waals surface area contributed by atoms with E-state index < -0.39 is 6.03 Å². The Bertz CT molecular complexity index is 899. The molecule has 1 unspecified atom stereocenters. The predicted molar refractivity (Wildman–Crippen MR) is 117 cm³/mol. The second-order valence-corrected chi connectivity index (χ2v) is 7.48. The molecule has 1 fully saturated rings. The van der Waals surface area contributed by atoms with E-state index in [2.05, 4.69) is 36.6 Å². The Labute approximate surface area is 182 Å². The first-order valence-electron chi connectivity index (χ1n) is 9.66. The van der Waals surface area contributed by atoms with E-state index >= 15 is 0 Å². The number of amides is 4. The van der Waals surface area contributed by atoms with Crippen LogP contribution in [0.15, 0.2) is 48.5 Å². The van der Waals surface area contributed by atoms with Gasteiger partial charge in [-0.25, -0.2) is 4.79 Å². The van der Waals surface area contributed by atoms with E-state index in [-0.39, 0.29) is 43.4 Å². The maximum atomic E-state index is 12.5. The average molecular weight is 431 g/mol. The lowest BCUT2D eigenvalue weighted by molar-refractivity contribution is -0.125. The molecule has 8 heteroatoms. The van der Waals surface area contributed by atoms with E-state index in [1.54, 1.807) is 24.3 Å². The second kappa shape index (κ2) is 10.2. The molecule has 1 atom stereocenters. The first kappa shape index (κ1) is 23.4. The van der Waals surface area contributed by atoms with E-state index in [0.717, 1.165) is 10.5 Å². The van der Waals surface area contributed by atoms with Gasteiger partial charge in [0.25, 0.3) is 5.91 Å². The normalized spacial score (nSPS) is 14.3. The molecule has 4 N–H and O–H groups in total. The molecule has 0 bridgehead atoms. The summed E-state index contributed by atoms with van der Waals surface area (Å²) >= 11 is 0. The Morgan fingerprint density at radius 3 is 2.40 bits per heavy atom. The van der Waals surface area contributed by atoms with Crippen molar-refractivity contribution in [1.29, 1.82) is 0 Å². The molecule has 3 rings (SSSR count). The zero-order valence-electron chi connectivity index (χ0n) is 17.1. The zero-order valence-corrected chi connectivity index (χ0v) is 17.9. The number of rotatable bonds is 7. The van der Waals surface area contributed by atoms with Gasteiger partial charge in [0.2, 0.25) is 5.91 Å². The SMILES string of the molecule is CC(C)c1ccc(C(N)CNC(=O)c2cccc(CN3C(=O)CNC3=O)c2)cc1.Cl. The number of halogens is 1. The van der Waals surface area contributed by atoms with Gasteiger partial charge >= 0.3 is 6.03 Å². The van der Waals surface area contributed by atoms with Crippen LogP contribution >= 0.6 is 12.4 Å². The summed E-state index contributed by atoms with van der Waals surface area (Å²) in [6.45, 7) is 4.71. The number of urea groups is 1. The summed E-state index contributed by atoms with van der Waals surface area (Å²) in [4.78, 5) is 37.1. The number of imide groups is 1. The van der Waals surface area contributed by atoms with Crippen LogP contribution in [0.3, 0.4) is 0 Å². The van der Waals surface area contributed by atoms with Gasteiger partial charge in [-0.05, 0) is 34.7 Å². The number of carbonyl (C=O) groups excluding carboxylic acids is 3. The zero-order chi connectivity index (χ0) is 21.0. The van der Waals surface area contributed by atoms with Gasteiger partial charge in [-0.15, -0.1) is 12.4 Å². The van der Waals surface area contributed by atoms with Gasteiger partial charge in [0.1, 0.15) is 0 Å². The van der Waals surface area contributed by atoms with Crippen molar-refractivity contribution >= 4 is 30.3 Å². The van der Waals surface area contributed by atoms with Gasteiger partial charge < -0.3 is 16.4 Å². The maximum Gasteiger partial charge on any atom is 0.324 e. The molecule has 7 nitrogen and oxygen atoms in total. The highest BCUT2D eigenvalue weighted by Gasteiger charge is 2.28. The lowest BCUT2D eigenvalue weighted by atomic mass is 9.99. The first-order chi connectivity index (χ1) is 13.8. The topological polar surface area (TPSA) is 105 Å². The Hall–Kier alpha value is -2.90. The molecule has 160 valence electrons. The first-order valence-corrected chi connectivity index (χ1v) is 9.66. The lowest BCUT2D eigenvalue weighted by Gasteiger charge is -2.15. The smallest absolute Gasteiger partial charge is 0.324 e. The van der Waals surface area contributed by atoms with Gasteiger partial charge in [0.05, 0.1) is 13.1 Å². The summed E-state index contributed by atoms with van der Waals surface area (Å²) in [5, 5.41) is 5.33. The van der Waals surface area contributed by atoms with Crippen molar-refractivity contribution in [3.8, 4) is 0 Å². The third-order valence-electron chi connectivity index (χ3n) is 4.98. The predicted octanol–water partition coefficient (Wildman–Crippen LogP) is 2.71. The second-order valence-electron chi connectivity index (χ2n) is 7.48. The number of benzene rings is 2. The molecule has 30 heavy (non-hydrogen) atoms. The van der Waals surface area contributed by atoms with E-state index in [1.807, 2.05) is 12.1 Å². The van der Waals surface area contributed by atoms with Crippen LogP contribution in [0.2, 0.25) is 0 Å². The van der Waals surface area contributed by atoms with Crippen LogP contribution in [-0.4, -0.2) is 35.8 Å². The minimum atomic E-state index is -0.417. The summed E-state index contributed by atoms with van der Waals surface area (Å²) < 4.78 is 0. The Morgan fingerprint density at radius 2 is 1.80 bits per heavy atom. The Morgan fingerprint density at radius 1 is 1.13 bits per heavy atom. The van der Waals surface area contributed by atoms with Gasteiger partial charge in [-0.1, -0.05) is 50.2 Å². The van der Waals surface area contributed by atoms with Crippen molar-refractivity contribution in [2.24, 2.45) is 5.73 Å². The van der Waals surface area contributed by atoms with E-state index in [4.69, 9.17) is 5.73 Å². The molecule has 2 aromatic carbocycles. The van der Waals surface area contributed by atoms with E-state index in [9.17, 15) is 14.4 Å². The molecule has 0 radical (unpaired) electrons. The fraction of sp³-hybridized carbons (Fsp3) is 0.318. The quantitative estimate of drug-likeness (QED) is 0.587. The molecule has 2 aromatic rings. The van der Waals surface area contributed by atoms with Crippen LogP contribution in [0.1, 0.15) is 52.9 Å². The van der Waals surface area contributed by atoms with Crippen molar-refractivity contribution in [1.82, 2.24) is 15.5 Å². The Balaban J connectivity index is 0.00000320. The fourth-order valence-corrected chi connectivity index (χ4v) is 3.16. The van der Waals surface area contributed by atoms with Crippen molar-refractivity contribution < 1.29 is 14.4 Å². The number of carbonyl (C=O) groups is 3. The van der Waals surface area contributed by atoms with E-state index in [0.29, 0.717) is 23.6 Å². The van der Waals surface area contributed by atoms with Crippen LogP contribution < -0.4 is 16.4 Å². The minimum absolute atomic E-state index is 0. The maximum absolute atomic E-state index is 12.5. The molecule has 0 spiro atoms. The third kappa shape index (κ3) is 5.58. The number of hydrogen-bond donors (Lipinski definition) is 3. The summed E-state index contributed by atoms with van der Waals surface area (Å²) in [6.07, 6.45) is 0. The summed E-state index contributed by atoms with van der Waals surface area (Å²) in [7, 11) is 0. The molecule has 0 aliphatic carbocycles. The van der Waals surface area contributed by atoms with Crippen LogP contribution in [0, 0.1) is 0 Å². The number of hydrogen-bond acceptors (Lipinski definition) is 4. The monoisotopic (exact) mass is 430 g/mol. The molecule has 4 amide bonds. The standard InChI is InChI=1S/C22H26N4O3.ClH/c1-14(2)16-6-8-17(9-7-16)19(23)11-24-21(28)18-5-3-4-15(10-18)13-26-20(27)12-25-22(26)29;/h3-10,14,19H,11-13,23H2,1-2H3,(H,24,28)(H,25,29);1H.